The number of benzene rings is 1. The van der Waals surface area contributed by atoms with Crippen molar-refractivity contribution >= 4 is 11.9 Å². The number of carboxylic acid groups (broad SMARTS) is 1. The fourth-order valence-electron chi connectivity index (χ4n) is 4.76. The van der Waals surface area contributed by atoms with Crippen molar-refractivity contribution in [2.45, 2.75) is 70.3 Å². The van der Waals surface area contributed by atoms with Gasteiger partial charge in [-0.3, -0.25) is 4.79 Å². The number of likely N-dealkylation sites (tertiary alicyclic amines) is 1. The summed E-state index contributed by atoms with van der Waals surface area (Å²) in [6.45, 7) is 0.618. The van der Waals surface area contributed by atoms with Crippen LogP contribution in [0.2, 0.25) is 0 Å². The molecule has 142 valence electrons. The molecule has 3 atom stereocenters. The third-order valence-corrected chi connectivity index (χ3v) is 6.18. The van der Waals surface area contributed by atoms with Crippen molar-refractivity contribution in [2.24, 2.45) is 11.8 Å². The maximum absolute atomic E-state index is 13.0. The third-order valence-electron chi connectivity index (χ3n) is 6.18. The van der Waals surface area contributed by atoms with Gasteiger partial charge in [0.15, 0.2) is 0 Å². The standard InChI is InChI=1S/C22H31NO3/c24-21(23-16-8-15-20(23)22(25)26)19-14-7-6-13-18(19)12-5-4-11-17-9-2-1-3-10-17/h1-3,9-10,18-20H,4-8,11-16H2,(H,25,26)/t18?,19?,20-/m0/s1. The first-order valence-electron chi connectivity index (χ1n) is 10.2. The summed E-state index contributed by atoms with van der Waals surface area (Å²) in [7, 11) is 0. The second-order valence-corrected chi connectivity index (χ2v) is 7.91. The molecule has 1 saturated heterocycles. The Bertz CT molecular complexity index is 601. The number of aryl methyl sites for hydroxylation is 1. The number of carbonyl (C=O) groups excluding carboxylic acids is 1. The number of nitrogens with zero attached hydrogens (tertiary/aromatic N) is 1. The number of amides is 1. The van der Waals surface area contributed by atoms with E-state index in [0.29, 0.717) is 18.9 Å². The van der Waals surface area contributed by atoms with E-state index in [1.807, 2.05) is 6.07 Å². The first-order valence-corrected chi connectivity index (χ1v) is 10.2. The van der Waals surface area contributed by atoms with Crippen LogP contribution in [0, 0.1) is 11.8 Å². The molecule has 0 aromatic heterocycles. The van der Waals surface area contributed by atoms with E-state index < -0.39 is 12.0 Å². The smallest absolute Gasteiger partial charge is 0.326 e. The van der Waals surface area contributed by atoms with E-state index in [4.69, 9.17) is 0 Å². The molecule has 2 aliphatic rings. The van der Waals surface area contributed by atoms with E-state index in [1.165, 1.54) is 12.0 Å². The molecule has 0 bridgehead atoms. The minimum absolute atomic E-state index is 0.0421. The van der Waals surface area contributed by atoms with Crippen molar-refractivity contribution in [1.29, 1.82) is 0 Å². The van der Waals surface area contributed by atoms with Gasteiger partial charge in [-0.25, -0.2) is 4.79 Å². The van der Waals surface area contributed by atoms with Gasteiger partial charge in [0.25, 0.3) is 0 Å². The molecule has 26 heavy (non-hydrogen) atoms. The first kappa shape index (κ1) is 18.9. The van der Waals surface area contributed by atoms with Gasteiger partial charge in [-0.2, -0.15) is 0 Å². The molecule has 0 radical (unpaired) electrons. The lowest BCUT2D eigenvalue weighted by Gasteiger charge is -2.34. The summed E-state index contributed by atoms with van der Waals surface area (Å²) in [6, 6.07) is 9.96. The molecule has 1 saturated carbocycles. The number of carbonyl (C=O) groups is 2. The summed E-state index contributed by atoms with van der Waals surface area (Å²) in [5, 5.41) is 9.38. The fourth-order valence-corrected chi connectivity index (χ4v) is 4.76. The molecule has 4 nitrogen and oxygen atoms in total. The molecule has 4 heteroatoms. The molecule has 1 N–H and O–H groups in total. The molecule has 1 heterocycles. The van der Waals surface area contributed by atoms with Crippen LogP contribution in [-0.2, 0) is 16.0 Å². The summed E-state index contributed by atoms with van der Waals surface area (Å²) in [5.41, 5.74) is 1.38. The minimum Gasteiger partial charge on any atom is -0.480 e. The molecule has 1 aromatic carbocycles. The molecular weight excluding hydrogens is 326 g/mol. The Hall–Kier alpha value is -1.84. The zero-order valence-corrected chi connectivity index (χ0v) is 15.6. The van der Waals surface area contributed by atoms with Crippen LogP contribution >= 0.6 is 0 Å². The van der Waals surface area contributed by atoms with Gasteiger partial charge < -0.3 is 10.0 Å². The first-order chi connectivity index (χ1) is 12.7. The van der Waals surface area contributed by atoms with E-state index in [0.717, 1.165) is 51.4 Å². The van der Waals surface area contributed by atoms with Crippen LogP contribution in [-0.4, -0.2) is 34.5 Å². The Labute approximate surface area is 156 Å². The largest absolute Gasteiger partial charge is 0.480 e. The number of carboxylic acids is 1. The van der Waals surface area contributed by atoms with E-state index in [9.17, 15) is 14.7 Å². The van der Waals surface area contributed by atoms with Crippen LogP contribution in [0.4, 0.5) is 0 Å². The minimum atomic E-state index is -0.842. The van der Waals surface area contributed by atoms with Gasteiger partial charge in [-0.1, -0.05) is 49.6 Å². The van der Waals surface area contributed by atoms with Crippen molar-refractivity contribution in [1.82, 2.24) is 4.90 Å². The molecule has 1 aromatic rings. The van der Waals surface area contributed by atoms with Crippen molar-refractivity contribution in [3.05, 3.63) is 35.9 Å². The lowest BCUT2D eigenvalue weighted by molar-refractivity contribution is -0.151. The predicted octanol–water partition coefficient (Wildman–Crippen LogP) is 4.28. The highest BCUT2D eigenvalue weighted by atomic mass is 16.4. The van der Waals surface area contributed by atoms with E-state index >= 15 is 0 Å². The van der Waals surface area contributed by atoms with Gasteiger partial charge >= 0.3 is 5.97 Å². The van der Waals surface area contributed by atoms with Crippen LogP contribution in [0.25, 0.3) is 0 Å². The lowest BCUT2D eigenvalue weighted by atomic mass is 9.75. The maximum atomic E-state index is 13.0. The van der Waals surface area contributed by atoms with Gasteiger partial charge in [-0.05, 0) is 56.4 Å². The van der Waals surface area contributed by atoms with E-state index in [-0.39, 0.29) is 11.8 Å². The number of aliphatic carboxylic acids is 1. The topological polar surface area (TPSA) is 57.6 Å². The molecular formula is C22H31NO3. The van der Waals surface area contributed by atoms with Crippen molar-refractivity contribution in [3.63, 3.8) is 0 Å². The van der Waals surface area contributed by atoms with Crippen LogP contribution in [0.15, 0.2) is 30.3 Å². The quantitative estimate of drug-likeness (QED) is 0.741. The summed E-state index contributed by atoms with van der Waals surface area (Å²) in [6.07, 6.45) is 10.3. The number of unbranched alkanes of at least 4 members (excludes halogenated alkanes) is 1. The monoisotopic (exact) mass is 357 g/mol. The third kappa shape index (κ3) is 4.66. The van der Waals surface area contributed by atoms with Gasteiger partial charge in [0.1, 0.15) is 6.04 Å². The Morgan fingerprint density at radius 2 is 1.77 bits per heavy atom. The molecule has 3 rings (SSSR count). The molecule has 0 spiro atoms. The number of hydrogen-bond donors (Lipinski definition) is 1. The summed E-state index contributed by atoms with van der Waals surface area (Å²) >= 11 is 0. The zero-order chi connectivity index (χ0) is 18.4. The van der Waals surface area contributed by atoms with Crippen LogP contribution in [0.5, 0.6) is 0 Å². The molecule has 2 unspecified atom stereocenters. The Morgan fingerprint density at radius 3 is 2.54 bits per heavy atom. The Balaban J connectivity index is 1.52. The Morgan fingerprint density at radius 1 is 1.00 bits per heavy atom. The second kappa shape index (κ2) is 9.20. The van der Waals surface area contributed by atoms with Crippen LogP contribution < -0.4 is 0 Å². The zero-order valence-electron chi connectivity index (χ0n) is 15.6. The van der Waals surface area contributed by atoms with Crippen molar-refractivity contribution in [3.8, 4) is 0 Å². The molecule has 1 aliphatic carbocycles. The Kier molecular flexibility index (Phi) is 6.70. The van der Waals surface area contributed by atoms with Gasteiger partial charge in [-0.15, -0.1) is 0 Å². The highest BCUT2D eigenvalue weighted by molar-refractivity contribution is 5.85. The van der Waals surface area contributed by atoms with Crippen LogP contribution in [0.3, 0.4) is 0 Å². The summed E-state index contributed by atoms with van der Waals surface area (Å²) in [4.78, 5) is 26.1. The predicted molar refractivity (Wildman–Crippen MR) is 102 cm³/mol. The molecule has 1 amide bonds. The highest BCUT2D eigenvalue weighted by Crippen LogP contribution is 2.36. The summed E-state index contributed by atoms with van der Waals surface area (Å²) in [5.74, 6) is -0.253. The number of rotatable bonds is 7. The molecule has 1 aliphatic heterocycles. The summed E-state index contributed by atoms with van der Waals surface area (Å²) < 4.78 is 0. The maximum Gasteiger partial charge on any atom is 0.326 e. The van der Waals surface area contributed by atoms with Crippen molar-refractivity contribution in [2.75, 3.05) is 6.54 Å². The average molecular weight is 357 g/mol. The normalized spacial score (nSPS) is 26.0. The lowest BCUT2D eigenvalue weighted by Crippen LogP contribution is -2.45. The van der Waals surface area contributed by atoms with Crippen molar-refractivity contribution < 1.29 is 14.7 Å². The van der Waals surface area contributed by atoms with E-state index in [1.54, 1.807) is 4.90 Å². The highest BCUT2D eigenvalue weighted by Gasteiger charge is 2.40. The van der Waals surface area contributed by atoms with E-state index in [2.05, 4.69) is 24.3 Å². The van der Waals surface area contributed by atoms with Gasteiger partial charge in [0.05, 0.1) is 0 Å². The fraction of sp³-hybridized carbons (Fsp3) is 0.636. The van der Waals surface area contributed by atoms with Gasteiger partial charge in [0, 0.05) is 12.5 Å². The number of hydrogen-bond acceptors (Lipinski definition) is 2. The van der Waals surface area contributed by atoms with Gasteiger partial charge in [0.2, 0.25) is 5.91 Å². The second-order valence-electron chi connectivity index (χ2n) is 7.91. The SMILES string of the molecule is O=C(O)[C@@H]1CCCN1C(=O)C1CCCCC1CCCCc1ccccc1. The van der Waals surface area contributed by atoms with Crippen LogP contribution in [0.1, 0.15) is 63.4 Å². The molecule has 2 fully saturated rings. The average Bonchev–Trinajstić information content (AvgIpc) is 3.16.